The summed E-state index contributed by atoms with van der Waals surface area (Å²) in [5.41, 5.74) is 4.42. The van der Waals surface area contributed by atoms with Gasteiger partial charge in [-0.1, -0.05) is 87.8 Å². The zero-order valence-electron chi connectivity index (χ0n) is 29.5. The van der Waals surface area contributed by atoms with E-state index in [4.69, 9.17) is 18.9 Å². The predicted molar refractivity (Wildman–Crippen MR) is 180 cm³/mol. The Balaban J connectivity index is 1.89. The van der Waals surface area contributed by atoms with Crippen molar-refractivity contribution in [3.8, 4) is 11.5 Å². The quantitative estimate of drug-likeness (QED) is 0.236. The van der Waals surface area contributed by atoms with Gasteiger partial charge in [0.05, 0.1) is 0 Å². The molecule has 6 heteroatoms. The molecule has 2 aliphatic carbocycles. The van der Waals surface area contributed by atoms with Gasteiger partial charge in [0.2, 0.25) is 0 Å². The molecule has 0 amide bonds. The van der Waals surface area contributed by atoms with Gasteiger partial charge in [-0.3, -0.25) is 0 Å². The molecule has 0 bridgehead atoms. The molecule has 2 aromatic rings. The molecule has 0 N–H and O–H groups in total. The lowest BCUT2D eigenvalue weighted by Gasteiger charge is -2.37. The average Bonchev–Trinajstić information content (AvgIpc) is 2.90. The van der Waals surface area contributed by atoms with E-state index in [9.17, 15) is 9.59 Å². The SMILES string of the molecule is Cc1cc(Cc2cc(C)cc(C3(C)CCCCC3)c2OC(=O)OC(C)(C)C)c(OC(=O)OC(C)(C)C)c(C2(C)CCCCC2)c1. The fraction of sp³-hybridized carbons (Fsp3) is 0.641. The highest BCUT2D eigenvalue weighted by Gasteiger charge is 2.37. The van der Waals surface area contributed by atoms with Crippen LogP contribution in [0.25, 0.3) is 0 Å². The Morgan fingerprint density at radius 1 is 0.600 bits per heavy atom. The molecular weight excluding hydrogens is 564 g/mol. The van der Waals surface area contributed by atoms with Gasteiger partial charge >= 0.3 is 12.3 Å². The molecule has 2 aromatic carbocycles. The molecular formula is C39H56O6. The Bertz CT molecular complexity index is 1270. The number of carbonyl (C=O) groups is 2. The minimum absolute atomic E-state index is 0.125. The number of ether oxygens (including phenoxy) is 4. The lowest BCUT2D eigenvalue weighted by atomic mass is 9.69. The third-order valence-electron chi connectivity index (χ3n) is 9.37. The van der Waals surface area contributed by atoms with Crippen molar-refractivity contribution in [3.05, 3.63) is 57.6 Å². The molecule has 2 saturated carbocycles. The van der Waals surface area contributed by atoms with Crippen molar-refractivity contribution in [2.75, 3.05) is 0 Å². The molecule has 0 aromatic heterocycles. The zero-order chi connectivity index (χ0) is 33.2. The van der Waals surface area contributed by atoms with Crippen molar-refractivity contribution in [1.29, 1.82) is 0 Å². The molecule has 2 fully saturated rings. The van der Waals surface area contributed by atoms with E-state index in [0.717, 1.165) is 84.7 Å². The fourth-order valence-electron chi connectivity index (χ4n) is 7.21. The Labute approximate surface area is 271 Å². The maximum Gasteiger partial charge on any atom is 0.514 e. The summed E-state index contributed by atoms with van der Waals surface area (Å²) in [6.07, 6.45) is 10.1. The average molecular weight is 621 g/mol. The van der Waals surface area contributed by atoms with E-state index in [2.05, 4.69) is 52.0 Å². The van der Waals surface area contributed by atoms with Gasteiger partial charge in [-0.05, 0) is 91.9 Å². The van der Waals surface area contributed by atoms with Crippen molar-refractivity contribution in [2.45, 2.75) is 162 Å². The monoisotopic (exact) mass is 620 g/mol. The molecule has 2 aliphatic rings. The summed E-state index contributed by atoms with van der Waals surface area (Å²) < 4.78 is 23.7. The molecule has 248 valence electrons. The van der Waals surface area contributed by atoms with Gasteiger partial charge in [0.15, 0.2) is 0 Å². The minimum Gasteiger partial charge on any atom is -0.428 e. The number of carbonyl (C=O) groups excluding carboxylic acids is 2. The van der Waals surface area contributed by atoms with Gasteiger partial charge in [-0.2, -0.15) is 0 Å². The molecule has 0 radical (unpaired) electrons. The third-order valence-corrected chi connectivity index (χ3v) is 9.37. The van der Waals surface area contributed by atoms with Crippen LogP contribution in [0.3, 0.4) is 0 Å². The Morgan fingerprint density at radius 2 is 0.933 bits per heavy atom. The summed E-state index contributed by atoms with van der Waals surface area (Å²) >= 11 is 0. The molecule has 0 atom stereocenters. The predicted octanol–water partition coefficient (Wildman–Crippen LogP) is 11.0. The molecule has 45 heavy (non-hydrogen) atoms. The van der Waals surface area contributed by atoms with Gasteiger partial charge in [0, 0.05) is 28.7 Å². The molecule has 0 unspecified atom stereocenters. The number of aryl methyl sites for hydroxylation is 2. The van der Waals surface area contributed by atoms with Crippen molar-refractivity contribution in [3.63, 3.8) is 0 Å². The van der Waals surface area contributed by atoms with Gasteiger partial charge < -0.3 is 18.9 Å². The highest BCUT2D eigenvalue weighted by atomic mass is 16.7. The molecule has 0 saturated heterocycles. The maximum absolute atomic E-state index is 13.2. The first-order valence-corrected chi connectivity index (χ1v) is 17.0. The van der Waals surface area contributed by atoms with Crippen LogP contribution in [0, 0.1) is 13.8 Å². The van der Waals surface area contributed by atoms with Crippen LogP contribution in [0.4, 0.5) is 9.59 Å². The summed E-state index contributed by atoms with van der Waals surface area (Å²) in [6.45, 7) is 19.8. The van der Waals surface area contributed by atoms with E-state index >= 15 is 0 Å². The largest absolute Gasteiger partial charge is 0.514 e. The summed E-state index contributed by atoms with van der Waals surface area (Å²) in [5, 5.41) is 0. The van der Waals surface area contributed by atoms with Gasteiger partial charge in [0.1, 0.15) is 22.7 Å². The standard InChI is InChI=1S/C39H56O6/c1-26-21-28(32(42-34(40)44-36(3,4)5)30(23-26)38(9)17-13-11-14-18-38)25-29-22-27(2)24-31(39(10)19-15-12-16-20-39)33(29)43-35(41)45-37(6,7)8/h21-24H,11-20,25H2,1-10H3. The van der Waals surface area contributed by atoms with Crippen LogP contribution in [-0.4, -0.2) is 23.5 Å². The van der Waals surface area contributed by atoms with E-state index in [-0.39, 0.29) is 10.8 Å². The second-order valence-electron chi connectivity index (χ2n) is 16.2. The van der Waals surface area contributed by atoms with E-state index in [1.807, 2.05) is 41.5 Å². The summed E-state index contributed by atoms with van der Waals surface area (Å²) in [4.78, 5) is 26.5. The van der Waals surface area contributed by atoms with Gasteiger partial charge in [-0.25, -0.2) is 9.59 Å². The summed E-state index contributed by atoms with van der Waals surface area (Å²) in [6, 6.07) is 8.54. The van der Waals surface area contributed by atoms with Crippen LogP contribution in [0.15, 0.2) is 24.3 Å². The van der Waals surface area contributed by atoms with Crippen molar-refractivity contribution < 1.29 is 28.5 Å². The summed E-state index contributed by atoms with van der Waals surface area (Å²) in [7, 11) is 0. The molecule has 0 heterocycles. The highest BCUT2D eigenvalue weighted by Crippen LogP contribution is 2.48. The molecule has 4 rings (SSSR count). The second kappa shape index (κ2) is 13.4. The first-order chi connectivity index (χ1) is 20.9. The third kappa shape index (κ3) is 9.04. The van der Waals surface area contributed by atoms with E-state index in [0.29, 0.717) is 17.9 Å². The topological polar surface area (TPSA) is 71.1 Å². The van der Waals surface area contributed by atoms with Crippen molar-refractivity contribution in [1.82, 2.24) is 0 Å². The van der Waals surface area contributed by atoms with E-state index in [1.54, 1.807) is 0 Å². The van der Waals surface area contributed by atoms with Crippen LogP contribution in [0.1, 0.15) is 153 Å². The minimum atomic E-state index is -0.710. The van der Waals surface area contributed by atoms with E-state index < -0.39 is 23.5 Å². The lowest BCUT2D eigenvalue weighted by Crippen LogP contribution is -2.30. The van der Waals surface area contributed by atoms with Gasteiger partial charge in [-0.15, -0.1) is 0 Å². The molecule has 0 spiro atoms. The maximum atomic E-state index is 13.2. The van der Waals surface area contributed by atoms with Crippen molar-refractivity contribution in [2.24, 2.45) is 0 Å². The number of hydrogen-bond donors (Lipinski definition) is 0. The van der Waals surface area contributed by atoms with Crippen LogP contribution < -0.4 is 9.47 Å². The van der Waals surface area contributed by atoms with Crippen molar-refractivity contribution >= 4 is 12.3 Å². The first-order valence-electron chi connectivity index (χ1n) is 17.0. The smallest absolute Gasteiger partial charge is 0.428 e. The Kier molecular flexibility index (Phi) is 10.4. The Morgan fingerprint density at radius 3 is 1.24 bits per heavy atom. The first kappa shape index (κ1) is 34.8. The van der Waals surface area contributed by atoms with Crippen LogP contribution in [0.5, 0.6) is 11.5 Å². The second-order valence-corrected chi connectivity index (χ2v) is 16.2. The highest BCUT2D eigenvalue weighted by molar-refractivity contribution is 5.69. The zero-order valence-corrected chi connectivity index (χ0v) is 29.5. The summed E-state index contributed by atoms with van der Waals surface area (Å²) in [5.74, 6) is 1.13. The van der Waals surface area contributed by atoms with Crippen LogP contribution >= 0.6 is 0 Å². The molecule has 6 nitrogen and oxygen atoms in total. The fourth-order valence-corrected chi connectivity index (χ4v) is 7.21. The van der Waals surface area contributed by atoms with Crippen LogP contribution in [-0.2, 0) is 26.7 Å². The van der Waals surface area contributed by atoms with E-state index in [1.165, 1.54) is 12.8 Å². The van der Waals surface area contributed by atoms with Gasteiger partial charge in [0.25, 0.3) is 0 Å². The number of hydrogen-bond acceptors (Lipinski definition) is 6. The van der Waals surface area contributed by atoms with Crippen LogP contribution in [0.2, 0.25) is 0 Å². The molecule has 0 aliphatic heterocycles. The number of rotatable bonds is 6. The Hall–Kier alpha value is -3.02. The normalized spacial score (nSPS) is 18.2. The number of benzene rings is 2. The lowest BCUT2D eigenvalue weighted by molar-refractivity contribution is 0.0189.